The summed E-state index contributed by atoms with van der Waals surface area (Å²) in [6.45, 7) is 8.69. The standard InChI is InChI=1S/C75H109F3N12O15/c1-15-46(4)62-70(101)84(10)45-60(93)86(12)54-30-23-24-39-89(69(54)100)57(40-47-31-33-50(34-32-47)75(76,77)78)68(99)83(9)44-58(91)79-52(35-36-61(94)105-73(5,6)49-28-19-18-20-29-49)66(97)90-43-51(104-17-3)41-55(90)65(96)81-74(37-25-38-74)72(103)88(14)63(48-26-21-22-27-48)71(102)87(13)56(67(98)82(7)8)42-59(92)85(11)53(16-2)64(95)80-62/h18-20,28-29,31-34,46,48,51-57,62-63H,15-17,21-27,30,35-45H2,1-14H3,(H,79,91)(H,80,95)(H,81,96)/t46-,51+,52-,53-,54-,55-,56-,57-,62?,63-/m0/s1. The molecule has 105 heavy (non-hydrogen) atoms. The molecule has 2 aliphatic carbocycles. The first-order valence-electron chi connectivity index (χ1n) is 36.8. The van der Waals surface area contributed by atoms with E-state index in [9.17, 15) is 46.7 Å². The third-order valence-corrected chi connectivity index (χ3v) is 21.8. The van der Waals surface area contributed by atoms with Crippen LogP contribution in [0.1, 0.15) is 161 Å². The number of rotatable bonds is 14. The summed E-state index contributed by atoms with van der Waals surface area (Å²) in [7, 11) is 11.1. The summed E-state index contributed by atoms with van der Waals surface area (Å²) in [4.78, 5) is 204. The van der Waals surface area contributed by atoms with Crippen molar-refractivity contribution in [1.82, 2.24) is 60.0 Å². The number of halogens is 3. The number of nitrogens with one attached hydrogen (secondary N) is 3. The molecule has 7 rings (SSSR count). The molecular weight excluding hydrogens is 1370 g/mol. The van der Waals surface area contributed by atoms with E-state index in [-0.39, 0.29) is 70.2 Å². The molecule has 3 heterocycles. The summed E-state index contributed by atoms with van der Waals surface area (Å²) in [6.07, 6.45) is -3.17. The molecule has 580 valence electrons. The number of carbonyl (C=O) groups is 13. The first kappa shape index (κ1) is 83.6. The Balaban J connectivity index is 1.31. The normalized spacial score (nSPS) is 26.1. The van der Waals surface area contributed by atoms with Gasteiger partial charge in [-0.2, -0.15) is 13.2 Å². The molecule has 5 aliphatic rings. The van der Waals surface area contributed by atoms with Crippen LogP contribution in [0.3, 0.4) is 0 Å². The van der Waals surface area contributed by atoms with Crippen LogP contribution in [0.2, 0.25) is 0 Å². The van der Waals surface area contributed by atoms with Crippen LogP contribution in [0, 0.1) is 11.8 Å². The van der Waals surface area contributed by atoms with E-state index in [0.717, 1.165) is 48.8 Å². The highest BCUT2D eigenvalue weighted by atomic mass is 19.4. The predicted octanol–water partition coefficient (Wildman–Crippen LogP) is 4.27. The maximum atomic E-state index is 15.5. The van der Waals surface area contributed by atoms with Crippen molar-refractivity contribution >= 4 is 76.9 Å². The molecule has 2 saturated carbocycles. The van der Waals surface area contributed by atoms with Gasteiger partial charge in [0.15, 0.2) is 0 Å². The molecule has 2 bridgehead atoms. The van der Waals surface area contributed by atoms with Gasteiger partial charge in [0, 0.05) is 95.3 Å². The van der Waals surface area contributed by atoms with Crippen molar-refractivity contribution in [2.75, 3.05) is 89.2 Å². The van der Waals surface area contributed by atoms with E-state index in [0.29, 0.717) is 50.5 Å². The zero-order valence-corrected chi connectivity index (χ0v) is 63.4. The number of ether oxygens (including phenoxy) is 2. The lowest BCUT2D eigenvalue weighted by molar-refractivity contribution is -0.158. The van der Waals surface area contributed by atoms with Crippen molar-refractivity contribution in [3.05, 3.63) is 71.3 Å². The SMILES string of the molecule is CCO[C@@H]1C[C@H]2C(=O)NC3(CCC3)C(=O)N(C)[C@@H](C3CCCC3)C(=O)N(C)[C@H](C(=O)N(C)C)CC(=O)N(C)[C@@H](CC)C(=O)NC([C@@H](C)CC)C(=O)N(C)CC(=O)N(C)[C@H]3CCCCN(C3=O)[C@@H](Cc3ccc(C(F)(F)F)cc3)C(=O)N(C)CC(=O)N[C@@H](CCC(=O)OC(C)(C)c3ccccc3)C(=O)N2C1. The number of alkyl halides is 3. The smallest absolute Gasteiger partial charge is 0.416 e. The average Bonchev–Trinajstić information content (AvgIpc) is 1.66. The zero-order chi connectivity index (χ0) is 77.7. The van der Waals surface area contributed by atoms with E-state index < -0.39 is 198 Å². The van der Waals surface area contributed by atoms with Gasteiger partial charge in [-0.05, 0) is 120 Å². The molecule has 1 unspecified atom stereocenters. The van der Waals surface area contributed by atoms with Crippen LogP contribution in [0.5, 0.6) is 0 Å². The molecule has 10 atom stereocenters. The number of carbonyl (C=O) groups excluding carboxylic acids is 13. The van der Waals surface area contributed by atoms with Crippen LogP contribution in [0.4, 0.5) is 13.2 Å². The van der Waals surface area contributed by atoms with Crippen LogP contribution in [-0.2, 0) is 90.0 Å². The lowest BCUT2D eigenvalue weighted by Crippen LogP contribution is -2.68. The van der Waals surface area contributed by atoms with Gasteiger partial charge in [0.05, 0.1) is 31.2 Å². The third kappa shape index (κ3) is 20.1. The second-order valence-electron chi connectivity index (χ2n) is 29.7. The maximum Gasteiger partial charge on any atom is 0.416 e. The molecular formula is C75H109F3N12O15. The largest absolute Gasteiger partial charge is 0.455 e. The Kier molecular flexibility index (Phi) is 28.7. The molecule has 27 nitrogen and oxygen atoms in total. The van der Waals surface area contributed by atoms with Gasteiger partial charge in [-0.3, -0.25) is 62.3 Å². The summed E-state index contributed by atoms with van der Waals surface area (Å²) in [5.74, 6) is -10.7. The van der Waals surface area contributed by atoms with Crippen LogP contribution >= 0.6 is 0 Å². The molecule has 3 N–H and O–H groups in total. The molecule has 2 aromatic rings. The second kappa shape index (κ2) is 36.1. The van der Waals surface area contributed by atoms with Crippen LogP contribution < -0.4 is 16.0 Å². The molecule has 12 amide bonds. The minimum absolute atomic E-state index is 0.0226. The zero-order valence-electron chi connectivity index (χ0n) is 63.4. The summed E-state index contributed by atoms with van der Waals surface area (Å²) in [5, 5.41) is 8.51. The van der Waals surface area contributed by atoms with Crippen molar-refractivity contribution in [1.29, 1.82) is 0 Å². The molecule has 0 aromatic heterocycles. The Morgan fingerprint density at radius 3 is 1.87 bits per heavy atom. The van der Waals surface area contributed by atoms with Crippen LogP contribution in [0.15, 0.2) is 54.6 Å². The summed E-state index contributed by atoms with van der Waals surface area (Å²) < 4.78 is 53.9. The van der Waals surface area contributed by atoms with Gasteiger partial charge < -0.3 is 69.5 Å². The lowest BCUT2D eigenvalue weighted by Gasteiger charge is -2.46. The minimum atomic E-state index is -4.72. The van der Waals surface area contributed by atoms with Crippen LogP contribution in [-0.4, -0.2) is 270 Å². The van der Waals surface area contributed by atoms with Gasteiger partial charge >= 0.3 is 12.1 Å². The first-order valence-corrected chi connectivity index (χ1v) is 36.8. The van der Waals surface area contributed by atoms with Crippen LogP contribution in [0.25, 0.3) is 0 Å². The Labute approximate surface area is 614 Å². The van der Waals surface area contributed by atoms with Gasteiger partial charge in [0.1, 0.15) is 59.5 Å². The Bertz CT molecular complexity index is 3480. The monoisotopic (exact) mass is 1470 g/mol. The number of hydrogen-bond acceptors (Lipinski definition) is 15. The molecule has 0 radical (unpaired) electrons. The third-order valence-electron chi connectivity index (χ3n) is 21.8. The van der Waals surface area contributed by atoms with Gasteiger partial charge in [-0.25, -0.2) is 0 Å². The van der Waals surface area contributed by atoms with Gasteiger partial charge in [-0.1, -0.05) is 82.5 Å². The quantitative estimate of drug-likeness (QED) is 0.223. The highest BCUT2D eigenvalue weighted by Gasteiger charge is 2.54. The maximum absolute atomic E-state index is 15.5. The number of benzene rings is 2. The summed E-state index contributed by atoms with van der Waals surface area (Å²) in [5.41, 5.74) is -2.92. The molecule has 30 heteroatoms. The number of amides is 12. The fourth-order valence-corrected chi connectivity index (χ4v) is 15.1. The predicted molar refractivity (Wildman–Crippen MR) is 380 cm³/mol. The summed E-state index contributed by atoms with van der Waals surface area (Å²) >= 11 is 0. The van der Waals surface area contributed by atoms with E-state index in [1.807, 2.05) is 0 Å². The minimum Gasteiger partial charge on any atom is -0.455 e. The topological polar surface area (TPSA) is 306 Å². The Morgan fingerprint density at radius 1 is 0.657 bits per heavy atom. The molecule has 1 spiro atoms. The fraction of sp³-hybridized carbons (Fsp3) is 0.667. The van der Waals surface area contributed by atoms with E-state index in [1.165, 1.54) is 76.0 Å². The first-order chi connectivity index (χ1) is 49.4. The molecule has 3 aliphatic heterocycles. The average molecular weight is 1480 g/mol. The highest BCUT2D eigenvalue weighted by molar-refractivity contribution is 6.01. The van der Waals surface area contributed by atoms with Gasteiger partial charge in [0.2, 0.25) is 70.9 Å². The number of fused-ring (bicyclic) bond motifs is 3. The van der Waals surface area contributed by atoms with Crippen molar-refractivity contribution in [2.24, 2.45) is 11.8 Å². The number of hydrogen-bond donors (Lipinski definition) is 3. The Hall–Kier alpha value is -8.70. The summed E-state index contributed by atoms with van der Waals surface area (Å²) in [6, 6.07) is 1.93. The number of likely N-dealkylation sites (N-methyl/N-ethyl adjacent to an activating group) is 7. The number of esters is 1. The van der Waals surface area contributed by atoms with E-state index >= 15 is 28.8 Å². The van der Waals surface area contributed by atoms with E-state index in [4.69, 9.17) is 9.47 Å². The van der Waals surface area contributed by atoms with E-state index in [2.05, 4.69) is 16.0 Å². The van der Waals surface area contributed by atoms with Crippen molar-refractivity contribution < 1.29 is 85.0 Å². The number of nitrogens with zero attached hydrogens (tertiary/aromatic N) is 9. The van der Waals surface area contributed by atoms with Gasteiger partial charge in [0.25, 0.3) is 0 Å². The molecule has 5 fully saturated rings. The van der Waals surface area contributed by atoms with Crippen molar-refractivity contribution in [3.8, 4) is 0 Å². The second-order valence-corrected chi connectivity index (χ2v) is 29.7. The highest BCUT2D eigenvalue weighted by Crippen LogP contribution is 2.39. The Morgan fingerprint density at radius 2 is 1.29 bits per heavy atom. The molecule has 3 saturated heterocycles. The van der Waals surface area contributed by atoms with Gasteiger partial charge in [-0.15, -0.1) is 0 Å². The van der Waals surface area contributed by atoms with Crippen molar-refractivity contribution in [3.63, 3.8) is 0 Å². The van der Waals surface area contributed by atoms with Crippen molar-refractivity contribution in [2.45, 2.75) is 222 Å². The lowest BCUT2D eigenvalue weighted by atomic mass is 9.74. The van der Waals surface area contributed by atoms with E-state index in [1.54, 1.807) is 71.9 Å². The fourth-order valence-electron chi connectivity index (χ4n) is 15.1. The molecule has 2 aromatic carbocycles.